The molecule has 2 aliphatic heterocycles. The minimum absolute atomic E-state index is 0.0815. The summed E-state index contributed by atoms with van der Waals surface area (Å²) >= 11 is 3.52. The molecule has 0 saturated carbocycles. The summed E-state index contributed by atoms with van der Waals surface area (Å²) in [7, 11) is 0. The van der Waals surface area contributed by atoms with Crippen molar-refractivity contribution in [2.24, 2.45) is 0 Å². The number of hydrogen-bond donors (Lipinski definition) is 2. The number of nitro groups is 1. The largest absolute Gasteiger partial charge is 0.354 e. The third-order valence-corrected chi connectivity index (χ3v) is 9.14. The summed E-state index contributed by atoms with van der Waals surface area (Å²) in [6, 6.07) is 36.7. The van der Waals surface area contributed by atoms with Crippen molar-refractivity contribution in [1.82, 2.24) is 0 Å². The monoisotopic (exact) mass is 531 g/mol. The second-order valence-corrected chi connectivity index (χ2v) is 11.4. The predicted octanol–water partition coefficient (Wildman–Crippen LogP) is 9.19. The first-order chi connectivity index (χ1) is 18.6. The van der Waals surface area contributed by atoms with Gasteiger partial charge in [-0.3, -0.25) is 10.1 Å². The van der Waals surface area contributed by atoms with Crippen LogP contribution in [-0.2, 0) is 0 Å². The van der Waals surface area contributed by atoms with Gasteiger partial charge in [-0.05, 0) is 65.2 Å². The Morgan fingerprint density at radius 1 is 0.553 bits per heavy atom. The Morgan fingerprint density at radius 2 is 1.00 bits per heavy atom. The summed E-state index contributed by atoms with van der Waals surface area (Å²) in [4.78, 5) is 15.7. The molecule has 2 aliphatic rings. The van der Waals surface area contributed by atoms with Crippen LogP contribution in [0.2, 0.25) is 0 Å². The molecular weight excluding hydrogens is 510 g/mol. The van der Waals surface area contributed by atoms with E-state index in [-0.39, 0.29) is 16.5 Å². The molecule has 38 heavy (non-hydrogen) atoms. The van der Waals surface area contributed by atoms with Crippen LogP contribution in [0, 0.1) is 10.1 Å². The molecule has 0 spiro atoms. The van der Waals surface area contributed by atoms with Gasteiger partial charge in [-0.25, -0.2) is 0 Å². The maximum absolute atomic E-state index is 11.3. The maximum Gasteiger partial charge on any atom is 0.269 e. The Hall–Kier alpha value is -4.20. The lowest BCUT2D eigenvalue weighted by Crippen LogP contribution is -2.07. The first kappa shape index (κ1) is 23.0. The molecule has 7 heteroatoms. The van der Waals surface area contributed by atoms with Gasteiger partial charge in [0.15, 0.2) is 0 Å². The number of anilines is 4. The van der Waals surface area contributed by atoms with Gasteiger partial charge >= 0.3 is 0 Å². The number of rotatable bonds is 4. The van der Waals surface area contributed by atoms with Gasteiger partial charge in [0.05, 0.1) is 27.7 Å². The quantitative estimate of drug-likeness (QED) is 0.134. The molecule has 184 valence electrons. The van der Waals surface area contributed by atoms with Crippen LogP contribution in [0.1, 0.15) is 22.6 Å². The number of nitrogens with one attached hydrogen (secondary N) is 2. The van der Waals surface area contributed by atoms with E-state index in [4.69, 9.17) is 0 Å². The Morgan fingerprint density at radius 3 is 1.50 bits per heavy atom. The standard InChI is InChI=1S/C31H21N3O2S2/c35-34(36)22-13-9-19(10-14-22)31(20-11-15-25-29(17-20)37-27-7-3-1-5-23(27)32-25)21-12-16-26-30(18-21)38-28-8-4-2-6-24(28)33-26/h1-18,31-33H. The molecule has 2 N–H and O–H groups in total. The van der Waals surface area contributed by atoms with Crippen LogP contribution in [0.25, 0.3) is 0 Å². The van der Waals surface area contributed by atoms with Crippen LogP contribution in [0.3, 0.4) is 0 Å². The van der Waals surface area contributed by atoms with Gasteiger partial charge in [0, 0.05) is 37.6 Å². The molecule has 0 atom stereocenters. The molecule has 0 aliphatic carbocycles. The van der Waals surface area contributed by atoms with Crippen LogP contribution in [0.4, 0.5) is 28.4 Å². The van der Waals surface area contributed by atoms with Crippen molar-refractivity contribution in [2.75, 3.05) is 10.6 Å². The van der Waals surface area contributed by atoms with E-state index in [0.29, 0.717) is 0 Å². The van der Waals surface area contributed by atoms with Crippen molar-refractivity contribution in [2.45, 2.75) is 25.5 Å². The number of hydrogen-bond acceptors (Lipinski definition) is 6. The molecular formula is C31H21N3O2S2. The van der Waals surface area contributed by atoms with Gasteiger partial charge < -0.3 is 10.6 Å². The highest BCUT2D eigenvalue weighted by Gasteiger charge is 2.24. The molecule has 5 aromatic rings. The normalized spacial score (nSPS) is 12.9. The van der Waals surface area contributed by atoms with E-state index in [1.165, 1.54) is 9.79 Å². The number of nitrogens with zero attached hydrogens (tertiary/aromatic N) is 1. The molecule has 0 aromatic heterocycles. The highest BCUT2D eigenvalue weighted by molar-refractivity contribution is 8.00. The average molecular weight is 532 g/mol. The van der Waals surface area contributed by atoms with Crippen molar-refractivity contribution >= 4 is 52.0 Å². The molecule has 0 fully saturated rings. The summed E-state index contributed by atoms with van der Waals surface area (Å²) in [6.07, 6.45) is 0. The third kappa shape index (κ3) is 4.10. The molecule has 2 heterocycles. The summed E-state index contributed by atoms with van der Waals surface area (Å²) in [5, 5.41) is 18.4. The molecule has 7 rings (SSSR count). The van der Waals surface area contributed by atoms with E-state index < -0.39 is 0 Å². The summed E-state index contributed by atoms with van der Waals surface area (Å²) < 4.78 is 0. The van der Waals surface area contributed by atoms with Crippen molar-refractivity contribution in [3.8, 4) is 0 Å². The topological polar surface area (TPSA) is 67.2 Å². The summed E-state index contributed by atoms with van der Waals surface area (Å²) in [6.45, 7) is 0. The van der Waals surface area contributed by atoms with E-state index in [0.717, 1.165) is 49.2 Å². The smallest absolute Gasteiger partial charge is 0.269 e. The SMILES string of the molecule is O=[N+]([O-])c1ccc(C(c2ccc3c(c2)Sc2ccccc2N3)c2ccc3c(c2)Sc2ccccc2N3)cc1. The van der Waals surface area contributed by atoms with E-state index in [1.54, 1.807) is 35.7 Å². The van der Waals surface area contributed by atoms with Crippen LogP contribution in [0.5, 0.6) is 0 Å². The zero-order chi connectivity index (χ0) is 25.6. The molecule has 5 aromatic carbocycles. The van der Waals surface area contributed by atoms with E-state index in [9.17, 15) is 10.1 Å². The third-order valence-electron chi connectivity index (χ3n) is 6.87. The zero-order valence-corrected chi connectivity index (χ0v) is 21.7. The number of fused-ring (bicyclic) bond motifs is 4. The van der Waals surface area contributed by atoms with Crippen LogP contribution in [0.15, 0.2) is 129 Å². The minimum Gasteiger partial charge on any atom is -0.354 e. The van der Waals surface area contributed by atoms with Crippen molar-refractivity contribution in [1.29, 1.82) is 0 Å². The van der Waals surface area contributed by atoms with E-state index in [1.807, 2.05) is 24.3 Å². The number of para-hydroxylation sites is 2. The second kappa shape index (κ2) is 9.28. The highest BCUT2D eigenvalue weighted by atomic mass is 32.2. The second-order valence-electron chi connectivity index (χ2n) is 9.24. The van der Waals surface area contributed by atoms with Crippen molar-refractivity contribution in [3.63, 3.8) is 0 Å². The fourth-order valence-electron chi connectivity index (χ4n) is 5.02. The van der Waals surface area contributed by atoms with E-state index in [2.05, 4.69) is 83.4 Å². The van der Waals surface area contributed by atoms with Crippen molar-refractivity contribution < 1.29 is 4.92 Å². The first-order valence-corrected chi connectivity index (χ1v) is 13.9. The van der Waals surface area contributed by atoms with Crippen molar-refractivity contribution in [3.05, 3.63) is 136 Å². The molecule has 0 saturated heterocycles. The van der Waals surface area contributed by atoms with Gasteiger partial charge in [-0.1, -0.05) is 72.1 Å². The van der Waals surface area contributed by atoms with Crippen LogP contribution >= 0.6 is 23.5 Å². The number of non-ortho nitro benzene ring substituents is 1. The Labute approximate surface area is 228 Å². The zero-order valence-electron chi connectivity index (χ0n) is 20.0. The molecule has 0 bridgehead atoms. The highest BCUT2D eigenvalue weighted by Crippen LogP contribution is 2.48. The molecule has 5 nitrogen and oxygen atoms in total. The first-order valence-electron chi connectivity index (χ1n) is 12.2. The number of benzene rings is 5. The number of nitro benzene ring substituents is 1. The lowest BCUT2D eigenvalue weighted by molar-refractivity contribution is -0.384. The minimum atomic E-state index is -0.351. The fourth-order valence-corrected chi connectivity index (χ4v) is 7.10. The lowest BCUT2D eigenvalue weighted by atomic mass is 9.85. The Kier molecular flexibility index (Phi) is 5.60. The lowest BCUT2D eigenvalue weighted by Gasteiger charge is -2.26. The van der Waals surface area contributed by atoms with Crippen LogP contribution in [-0.4, -0.2) is 4.92 Å². The maximum atomic E-state index is 11.3. The van der Waals surface area contributed by atoms with Crippen LogP contribution < -0.4 is 10.6 Å². The molecule has 0 amide bonds. The van der Waals surface area contributed by atoms with Gasteiger partial charge in [-0.2, -0.15) is 0 Å². The Bertz CT molecular complexity index is 1620. The van der Waals surface area contributed by atoms with Gasteiger partial charge in [-0.15, -0.1) is 0 Å². The fraction of sp³-hybridized carbons (Fsp3) is 0.0323. The van der Waals surface area contributed by atoms with Gasteiger partial charge in [0.25, 0.3) is 5.69 Å². The van der Waals surface area contributed by atoms with Gasteiger partial charge in [0.1, 0.15) is 0 Å². The Balaban J connectivity index is 1.32. The predicted molar refractivity (Wildman–Crippen MR) is 155 cm³/mol. The summed E-state index contributed by atoms with van der Waals surface area (Å²) in [5.41, 5.74) is 7.78. The molecule has 0 unspecified atom stereocenters. The van der Waals surface area contributed by atoms with Gasteiger partial charge in [0.2, 0.25) is 0 Å². The molecule has 0 radical (unpaired) electrons. The summed E-state index contributed by atoms with van der Waals surface area (Å²) in [5.74, 6) is -0.0815. The average Bonchev–Trinajstić information content (AvgIpc) is 2.95. The van der Waals surface area contributed by atoms with E-state index >= 15 is 0 Å².